The van der Waals surface area contributed by atoms with Crippen LogP contribution in [0.3, 0.4) is 0 Å². The lowest BCUT2D eigenvalue weighted by Crippen LogP contribution is -2.54. The van der Waals surface area contributed by atoms with Gasteiger partial charge in [-0.1, -0.05) is 13.8 Å². The third-order valence-electron chi connectivity index (χ3n) is 4.11. The maximum absolute atomic E-state index is 12.9. The highest BCUT2D eigenvalue weighted by Crippen LogP contribution is 2.32. The van der Waals surface area contributed by atoms with Crippen LogP contribution in [0.15, 0.2) is 24.3 Å². The van der Waals surface area contributed by atoms with E-state index in [-0.39, 0.29) is 17.9 Å². The van der Waals surface area contributed by atoms with Gasteiger partial charge < -0.3 is 16.4 Å². The van der Waals surface area contributed by atoms with Crippen molar-refractivity contribution in [1.29, 1.82) is 0 Å². The Morgan fingerprint density at radius 3 is 2.30 bits per heavy atom. The summed E-state index contributed by atoms with van der Waals surface area (Å²) in [5.74, 6) is -0.649. The van der Waals surface area contributed by atoms with Crippen molar-refractivity contribution in [3.8, 4) is 0 Å². The Balaban J connectivity index is 2.01. The molecule has 0 heterocycles. The van der Waals surface area contributed by atoms with Crippen LogP contribution in [0.1, 0.15) is 37.0 Å². The Morgan fingerprint density at radius 1 is 1.22 bits per heavy atom. The molecule has 1 aromatic rings. The number of halogens is 1. The zero-order valence-electron chi connectivity index (χ0n) is 13.5. The first-order chi connectivity index (χ1) is 10.9. The third kappa shape index (κ3) is 4.76. The number of nitrogens with two attached hydrogens (primary N) is 1. The molecule has 1 saturated carbocycles. The Hall–Kier alpha value is -1.95. The molecule has 1 aliphatic rings. The van der Waals surface area contributed by atoms with Gasteiger partial charge in [0, 0.05) is 18.2 Å². The highest BCUT2D eigenvalue weighted by atomic mass is 19.1. The number of rotatable bonds is 7. The van der Waals surface area contributed by atoms with Crippen LogP contribution in [0.25, 0.3) is 0 Å². The van der Waals surface area contributed by atoms with Gasteiger partial charge in [0.05, 0.1) is 0 Å². The summed E-state index contributed by atoms with van der Waals surface area (Å²) >= 11 is 0. The summed E-state index contributed by atoms with van der Waals surface area (Å²) in [5, 5.41) is 5.66. The molecular formula is C17H24FN3O2. The lowest BCUT2D eigenvalue weighted by Gasteiger charge is -2.25. The van der Waals surface area contributed by atoms with E-state index in [9.17, 15) is 14.0 Å². The topological polar surface area (TPSA) is 84.2 Å². The summed E-state index contributed by atoms with van der Waals surface area (Å²) in [7, 11) is 0. The Kier molecular flexibility index (Phi) is 5.71. The van der Waals surface area contributed by atoms with E-state index >= 15 is 0 Å². The summed E-state index contributed by atoms with van der Waals surface area (Å²) in [5.41, 5.74) is 6.03. The van der Waals surface area contributed by atoms with Gasteiger partial charge in [-0.05, 0) is 48.9 Å². The lowest BCUT2D eigenvalue weighted by atomic mass is 10.0. The molecule has 23 heavy (non-hydrogen) atoms. The van der Waals surface area contributed by atoms with Gasteiger partial charge in [0.15, 0.2) is 0 Å². The van der Waals surface area contributed by atoms with Crippen LogP contribution in [0.2, 0.25) is 0 Å². The van der Waals surface area contributed by atoms with E-state index in [0.29, 0.717) is 18.0 Å². The highest BCUT2D eigenvalue weighted by Gasteiger charge is 2.33. The molecule has 5 nitrogen and oxygen atoms in total. The standard InChI is InChI=1S/C17H24FN3O2/c1-10(2)15(17(23)20-14(9-19)11-3-4-11)21-16(22)12-5-7-13(18)8-6-12/h5-8,10-11,14-15H,3-4,9,19H2,1-2H3,(H,20,23)(H,21,22). The number of nitrogens with one attached hydrogen (secondary N) is 2. The molecule has 1 aliphatic carbocycles. The predicted octanol–water partition coefficient (Wildman–Crippen LogP) is 1.43. The molecule has 0 aromatic heterocycles. The number of benzene rings is 1. The van der Waals surface area contributed by atoms with Crippen molar-refractivity contribution in [3.05, 3.63) is 35.6 Å². The second-order valence-corrected chi connectivity index (χ2v) is 6.39. The molecule has 0 aliphatic heterocycles. The molecule has 1 fully saturated rings. The molecule has 0 saturated heterocycles. The molecule has 126 valence electrons. The summed E-state index contributed by atoms with van der Waals surface area (Å²) < 4.78 is 12.9. The summed E-state index contributed by atoms with van der Waals surface area (Å²) in [6, 6.07) is 4.54. The van der Waals surface area contributed by atoms with E-state index in [2.05, 4.69) is 10.6 Å². The zero-order chi connectivity index (χ0) is 17.0. The van der Waals surface area contributed by atoms with Gasteiger partial charge in [-0.2, -0.15) is 0 Å². The fraction of sp³-hybridized carbons (Fsp3) is 0.529. The van der Waals surface area contributed by atoms with Crippen molar-refractivity contribution >= 4 is 11.8 Å². The van der Waals surface area contributed by atoms with E-state index in [4.69, 9.17) is 5.73 Å². The predicted molar refractivity (Wildman–Crippen MR) is 86.2 cm³/mol. The van der Waals surface area contributed by atoms with Gasteiger partial charge in [0.25, 0.3) is 5.91 Å². The van der Waals surface area contributed by atoms with Crippen molar-refractivity contribution in [2.45, 2.75) is 38.8 Å². The Bertz CT molecular complexity index is 555. The molecule has 2 amide bonds. The largest absolute Gasteiger partial charge is 0.350 e. The molecule has 6 heteroatoms. The van der Waals surface area contributed by atoms with Gasteiger partial charge in [-0.15, -0.1) is 0 Å². The van der Waals surface area contributed by atoms with Crippen LogP contribution < -0.4 is 16.4 Å². The fourth-order valence-electron chi connectivity index (χ4n) is 2.50. The fourth-order valence-corrected chi connectivity index (χ4v) is 2.50. The number of hydrogen-bond acceptors (Lipinski definition) is 3. The summed E-state index contributed by atoms with van der Waals surface area (Å²) in [6.07, 6.45) is 2.16. The molecule has 0 bridgehead atoms. The van der Waals surface area contributed by atoms with Crippen molar-refractivity contribution in [3.63, 3.8) is 0 Å². The molecule has 2 unspecified atom stereocenters. The SMILES string of the molecule is CC(C)C(NC(=O)c1ccc(F)cc1)C(=O)NC(CN)C1CC1. The van der Waals surface area contributed by atoms with E-state index in [0.717, 1.165) is 12.8 Å². The Labute approximate surface area is 135 Å². The average molecular weight is 321 g/mol. The van der Waals surface area contributed by atoms with Crippen LogP contribution in [0.5, 0.6) is 0 Å². The summed E-state index contributed by atoms with van der Waals surface area (Å²) in [4.78, 5) is 24.7. The molecule has 2 atom stereocenters. The summed E-state index contributed by atoms with van der Waals surface area (Å²) in [6.45, 7) is 4.13. The van der Waals surface area contributed by atoms with Gasteiger partial charge >= 0.3 is 0 Å². The van der Waals surface area contributed by atoms with Crippen LogP contribution in [-0.2, 0) is 4.79 Å². The number of carbonyl (C=O) groups excluding carboxylic acids is 2. The van der Waals surface area contributed by atoms with Gasteiger partial charge in [-0.25, -0.2) is 4.39 Å². The first kappa shape index (κ1) is 17.4. The maximum atomic E-state index is 12.9. The minimum Gasteiger partial charge on any atom is -0.350 e. The minimum atomic E-state index is -0.652. The van der Waals surface area contributed by atoms with E-state index in [1.807, 2.05) is 13.8 Å². The molecular weight excluding hydrogens is 297 g/mol. The number of hydrogen-bond donors (Lipinski definition) is 3. The zero-order valence-corrected chi connectivity index (χ0v) is 13.5. The average Bonchev–Trinajstić information content (AvgIpc) is 3.34. The van der Waals surface area contributed by atoms with Crippen molar-refractivity contribution in [1.82, 2.24) is 10.6 Å². The maximum Gasteiger partial charge on any atom is 0.251 e. The normalized spacial score (nSPS) is 16.7. The van der Waals surface area contributed by atoms with Crippen LogP contribution in [0.4, 0.5) is 4.39 Å². The van der Waals surface area contributed by atoms with Gasteiger partial charge in [0.2, 0.25) is 5.91 Å². The van der Waals surface area contributed by atoms with E-state index in [1.54, 1.807) is 0 Å². The molecule has 1 aromatic carbocycles. The van der Waals surface area contributed by atoms with Crippen molar-refractivity contribution in [2.24, 2.45) is 17.6 Å². The minimum absolute atomic E-state index is 0.0357. The lowest BCUT2D eigenvalue weighted by molar-refractivity contribution is -0.124. The van der Waals surface area contributed by atoms with E-state index in [1.165, 1.54) is 24.3 Å². The molecule has 4 N–H and O–H groups in total. The quantitative estimate of drug-likeness (QED) is 0.710. The number of carbonyl (C=O) groups is 2. The van der Waals surface area contributed by atoms with Crippen molar-refractivity contribution < 1.29 is 14.0 Å². The molecule has 0 radical (unpaired) electrons. The number of amides is 2. The second-order valence-electron chi connectivity index (χ2n) is 6.39. The first-order valence-corrected chi connectivity index (χ1v) is 7.99. The van der Waals surface area contributed by atoms with Crippen LogP contribution in [0, 0.1) is 17.7 Å². The van der Waals surface area contributed by atoms with E-state index < -0.39 is 17.8 Å². The smallest absolute Gasteiger partial charge is 0.251 e. The molecule has 2 rings (SSSR count). The first-order valence-electron chi connectivity index (χ1n) is 7.99. The monoisotopic (exact) mass is 321 g/mol. The van der Waals surface area contributed by atoms with Crippen LogP contribution in [-0.4, -0.2) is 30.4 Å². The van der Waals surface area contributed by atoms with Gasteiger partial charge in [0.1, 0.15) is 11.9 Å². The Morgan fingerprint density at radius 2 is 1.83 bits per heavy atom. The second kappa shape index (κ2) is 7.55. The molecule has 0 spiro atoms. The van der Waals surface area contributed by atoms with Gasteiger partial charge in [-0.3, -0.25) is 9.59 Å². The van der Waals surface area contributed by atoms with Crippen molar-refractivity contribution in [2.75, 3.05) is 6.54 Å². The van der Waals surface area contributed by atoms with Crippen LogP contribution >= 0.6 is 0 Å². The third-order valence-corrected chi connectivity index (χ3v) is 4.11. The highest BCUT2D eigenvalue weighted by molar-refractivity contribution is 5.97.